The molecule has 25 heavy (non-hydrogen) atoms. The molecule has 2 heterocycles. The lowest BCUT2D eigenvalue weighted by Crippen LogP contribution is -2.66. The molecule has 0 unspecified atom stereocenters. The highest BCUT2D eigenvalue weighted by molar-refractivity contribution is 5.73. The van der Waals surface area contributed by atoms with Gasteiger partial charge in [-0.1, -0.05) is 0 Å². The highest BCUT2D eigenvalue weighted by Gasteiger charge is 2.48. The van der Waals surface area contributed by atoms with Crippen LogP contribution in [0.4, 0.5) is 0 Å². The molecule has 2 saturated heterocycles. The number of ether oxygens (including phenoxy) is 4. The van der Waals surface area contributed by atoms with E-state index in [9.17, 15) is 25.2 Å². The van der Waals surface area contributed by atoms with Crippen LogP contribution in [0.1, 0.15) is 20.3 Å². The van der Waals surface area contributed by atoms with Crippen molar-refractivity contribution in [2.24, 2.45) is 0 Å². The van der Waals surface area contributed by atoms with Gasteiger partial charge in [0.25, 0.3) is 0 Å². The molecule has 2 rings (SSSR count). The van der Waals surface area contributed by atoms with Crippen LogP contribution in [0.2, 0.25) is 0 Å². The van der Waals surface area contributed by atoms with E-state index >= 15 is 0 Å². The maximum absolute atomic E-state index is 11.4. The minimum Gasteiger partial charge on any atom is -0.390 e. The molecule has 2 aliphatic heterocycles. The van der Waals surface area contributed by atoms with Gasteiger partial charge in [0.1, 0.15) is 30.5 Å². The summed E-state index contributed by atoms with van der Waals surface area (Å²) in [6.45, 7) is 2.87. The van der Waals surface area contributed by atoms with Gasteiger partial charge < -0.3 is 44.7 Å². The fraction of sp³-hybridized carbons (Fsp3) is 0.933. The van der Waals surface area contributed by atoms with Gasteiger partial charge in [0.05, 0.1) is 18.8 Å². The van der Waals surface area contributed by atoms with Crippen LogP contribution in [0.5, 0.6) is 0 Å². The number of carbonyl (C=O) groups excluding carboxylic acids is 1. The first-order valence-corrected chi connectivity index (χ1v) is 8.19. The minimum atomic E-state index is -1.44. The highest BCUT2D eigenvalue weighted by Crippen LogP contribution is 2.28. The molecular formula is C15H27NO9. The molecule has 9 atom stereocenters. The highest BCUT2D eigenvalue weighted by atomic mass is 16.7. The second kappa shape index (κ2) is 8.69. The maximum atomic E-state index is 11.4. The first-order chi connectivity index (χ1) is 11.7. The number of hydrogen-bond donors (Lipinski definition) is 5. The molecule has 0 aromatic heterocycles. The summed E-state index contributed by atoms with van der Waals surface area (Å²) in [4.78, 5) is 11.4. The van der Waals surface area contributed by atoms with Crippen LogP contribution in [0.3, 0.4) is 0 Å². The average Bonchev–Trinajstić information content (AvgIpc) is 2.52. The molecule has 1 amide bonds. The summed E-state index contributed by atoms with van der Waals surface area (Å²) in [5, 5.41) is 43.0. The smallest absolute Gasteiger partial charge is 0.217 e. The Kier molecular flexibility index (Phi) is 7.11. The van der Waals surface area contributed by atoms with Crippen molar-refractivity contribution < 1.29 is 44.2 Å². The summed E-state index contributed by atoms with van der Waals surface area (Å²) >= 11 is 0. The van der Waals surface area contributed by atoms with Crippen molar-refractivity contribution in [3.8, 4) is 0 Å². The molecule has 0 bridgehead atoms. The van der Waals surface area contributed by atoms with Crippen LogP contribution < -0.4 is 5.32 Å². The van der Waals surface area contributed by atoms with Crippen LogP contribution in [-0.2, 0) is 23.7 Å². The van der Waals surface area contributed by atoms with Gasteiger partial charge in [-0.15, -0.1) is 0 Å². The lowest BCUT2D eigenvalue weighted by Gasteiger charge is -2.45. The molecule has 0 saturated carbocycles. The quantitative estimate of drug-likeness (QED) is 0.355. The molecule has 2 fully saturated rings. The van der Waals surface area contributed by atoms with E-state index in [4.69, 9.17) is 18.9 Å². The third kappa shape index (κ3) is 4.86. The molecule has 0 aromatic carbocycles. The molecule has 10 nitrogen and oxygen atoms in total. The number of nitrogens with one attached hydrogen (secondary N) is 1. The number of methoxy groups -OCH3 is 1. The zero-order valence-corrected chi connectivity index (χ0v) is 14.4. The van der Waals surface area contributed by atoms with E-state index in [0.29, 0.717) is 0 Å². The van der Waals surface area contributed by atoms with E-state index in [2.05, 4.69) is 5.32 Å². The van der Waals surface area contributed by atoms with Crippen molar-refractivity contribution in [2.45, 2.75) is 75.5 Å². The Morgan fingerprint density at radius 1 is 1.20 bits per heavy atom. The number of amides is 1. The van der Waals surface area contributed by atoms with Gasteiger partial charge in [0.2, 0.25) is 5.91 Å². The Balaban J connectivity index is 2.16. The zero-order chi connectivity index (χ0) is 18.7. The lowest BCUT2D eigenvalue weighted by molar-refractivity contribution is -0.323. The molecule has 0 spiro atoms. The fourth-order valence-electron chi connectivity index (χ4n) is 3.01. The van der Waals surface area contributed by atoms with E-state index in [-0.39, 0.29) is 13.0 Å². The number of hydrogen-bond acceptors (Lipinski definition) is 9. The normalized spacial score (nSPS) is 45.2. The first-order valence-electron chi connectivity index (χ1n) is 8.19. The monoisotopic (exact) mass is 365 g/mol. The van der Waals surface area contributed by atoms with Gasteiger partial charge in [0.15, 0.2) is 12.6 Å². The SMILES string of the molecule is COC[C@H]1O[C@@H](O)[C@H](NC(C)=O)[C@@H](O[C@@H]2O[C@H](C)[C@@H](O)C[C@@H]2O)[C@H]1O. The average molecular weight is 365 g/mol. The van der Waals surface area contributed by atoms with Gasteiger partial charge in [0, 0.05) is 20.5 Å². The molecule has 0 aromatic rings. The Bertz CT molecular complexity index is 451. The number of carbonyl (C=O) groups is 1. The number of aliphatic hydroxyl groups excluding tert-OH is 4. The Morgan fingerprint density at radius 3 is 2.48 bits per heavy atom. The van der Waals surface area contributed by atoms with Crippen LogP contribution >= 0.6 is 0 Å². The van der Waals surface area contributed by atoms with Crippen LogP contribution in [0.25, 0.3) is 0 Å². The summed E-state index contributed by atoms with van der Waals surface area (Å²) in [5.74, 6) is -0.451. The largest absolute Gasteiger partial charge is 0.390 e. The summed E-state index contributed by atoms with van der Waals surface area (Å²) in [6, 6.07) is -1.07. The van der Waals surface area contributed by atoms with Crippen molar-refractivity contribution in [3.63, 3.8) is 0 Å². The molecule has 146 valence electrons. The van der Waals surface area contributed by atoms with Crippen molar-refractivity contribution in [1.29, 1.82) is 0 Å². The molecule has 0 aliphatic carbocycles. The van der Waals surface area contributed by atoms with E-state index < -0.39 is 61.2 Å². The standard InChI is InChI=1S/C15H27NO9/c1-6-8(18)4-9(19)15(23-6)25-13-11(16-7(2)17)14(21)24-10(5-22-3)12(13)20/h6,8-15,18-21H,4-5H2,1-3H3,(H,16,17)/t6-,8+,9+,10-,11-,12+,13-,14-,15+/m1/s1. The predicted molar refractivity (Wildman–Crippen MR) is 82.2 cm³/mol. The molecule has 0 radical (unpaired) electrons. The van der Waals surface area contributed by atoms with Gasteiger partial charge in [-0.05, 0) is 6.92 Å². The zero-order valence-electron chi connectivity index (χ0n) is 14.4. The first kappa shape index (κ1) is 20.5. The third-order valence-corrected chi connectivity index (χ3v) is 4.37. The summed E-state index contributed by atoms with van der Waals surface area (Å²) < 4.78 is 21.4. The van der Waals surface area contributed by atoms with E-state index in [1.807, 2.05) is 0 Å². The molecule has 10 heteroatoms. The minimum absolute atomic E-state index is 0.00588. The van der Waals surface area contributed by atoms with E-state index in [0.717, 1.165) is 0 Å². The second-order valence-electron chi connectivity index (χ2n) is 6.42. The van der Waals surface area contributed by atoms with E-state index in [1.54, 1.807) is 6.92 Å². The summed E-state index contributed by atoms with van der Waals surface area (Å²) in [5.41, 5.74) is 0. The van der Waals surface area contributed by atoms with E-state index in [1.165, 1.54) is 14.0 Å². The fourth-order valence-corrected chi connectivity index (χ4v) is 3.01. The van der Waals surface area contributed by atoms with Crippen molar-refractivity contribution in [3.05, 3.63) is 0 Å². The molecule has 5 N–H and O–H groups in total. The number of rotatable bonds is 5. The Morgan fingerprint density at radius 2 is 1.88 bits per heavy atom. The van der Waals surface area contributed by atoms with Gasteiger partial charge in [-0.2, -0.15) is 0 Å². The molecule has 2 aliphatic rings. The second-order valence-corrected chi connectivity index (χ2v) is 6.42. The predicted octanol–water partition coefficient (Wildman–Crippen LogP) is -2.54. The van der Waals surface area contributed by atoms with Gasteiger partial charge >= 0.3 is 0 Å². The number of aliphatic hydroxyl groups is 4. The van der Waals surface area contributed by atoms with Crippen molar-refractivity contribution >= 4 is 5.91 Å². The Hall–Kier alpha value is -0.850. The van der Waals surface area contributed by atoms with Crippen molar-refractivity contribution in [1.82, 2.24) is 5.32 Å². The van der Waals surface area contributed by atoms with Crippen molar-refractivity contribution in [2.75, 3.05) is 13.7 Å². The van der Waals surface area contributed by atoms with Gasteiger partial charge in [-0.3, -0.25) is 4.79 Å². The van der Waals surface area contributed by atoms with Crippen LogP contribution in [0.15, 0.2) is 0 Å². The third-order valence-electron chi connectivity index (χ3n) is 4.37. The van der Waals surface area contributed by atoms with Crippen LogP contribution in [-0.4, -0.2) is 95.3 Å². The lowest BCUT2D eigenvalue weighted by atomic mass is 9.96. The topological polar surface area (TPSA) is 147 Å². The van der Waals surface area contributed by atoms with Gasteiger partial charge in [-0.25, -0.2) is 0 Å². The summed E-state index contributed by atoms with van der Waals surface area (Å²) in [6.07, 6.45) is -8.34. The Labute approximate surface area is 145 Å². The maximum Gasteiger partial charge on any atom is 0.217 e. The van der Waals surface area contributed by atoms with Crippen LogP contribution in [0, 0.1) is 0 Å². The molecular weight excluding hydrogens is 338 g/mol. The summed E-state index contributed by atoms with van der Waals surface area (Å²) in [7, 11) is 1.41.